The van der Waals surface area contributed by atoms with E-state index in [1.165, 1.54) is 24.9 Å². The molecule has 2 aliphatic rings. The van der Waals surface area contributed by atoms with Crippen molar-refractivity contribution in [2.75, 3.05) is 24.6 Å². The Morgan fingerprint density at radius 1 is 1.04 bits per heavy atom. The molecule has 2 N–H and O–H groups in total. The first-order valence-electron chi connectivity index (χ1n) is 9.04. The van der Waals surface area contributed by atoms with Crippen LogP contribution in [-0.2, 0) is 0 Å². The van der Waals surface area contributed by atoms with Crippen LogP contribution in [0.15, 0.2) is 24.3 Å². The third-order valence-electron chi connectivity index (χ3n) is 5.31. The summed E-state index contributed by atoms with van der Waals surface area (Å²) in [5, 5.41) is 12.6. The Morgan fingerprint density at radius 3 is 2.43 bits per heavy atom. The summed E-state index contributed by atoms with van der Waals surface area (Å²) in [6.45, 7) is 2.40. The van der Waals surface area contributed by atoms with Gasteiger partial charge in [-0.15, -0.1) is 0 Å². The number of carbonyl (C=O) groups is 1. The summed E-state index contributed by atoms with van der Waals surface area (Å²) in [4.78, 5) is 14.9. The van der Waals surface area contributed by atoms with Crippen LogP contribution in [0.2, 0.25) is 0 Å². The van der Waals surface area contributed by atoms with Crippen LogP contribution in [-0.4, -0.2) is 36.8 Å². The molecule has 0 bridgehead atoms. The maximum atomic E-state index is 12.5. The van der Waals surface area contributed by atoms with E-state index in [4.69, 9.17) is 0 Å². The highest BCUT2D eigenvalue weighted by Crippen LogP contribution is 2.25. The topological polar surface area (TPSA) is 52.6 Å². The van der Waals surface area contributed by atoms with Crippen LogP contribution < -0.4 is 10.2 Å². The van der Waals surface area contributed by atoms with Crippen LogP contribution in [0.25, 0.3) is 0 Å². The first-order chi connectivity index (χ1) is 11.3. The van der Waals surface area contributed by atoms with Gasteiger partial charge in [-0.25, -0.2) is 0 Å². The number of piperidine rings is 1. The van der Waals surface area contributed by atoms with Crippen molar-refractivity contribution in [3.05, 3.63) is 29.8 Å². The standard InChI is InChI=1S/C19H28N2O2/c22-14-16-6-2-3-7-18(16)20-19(23)15-8-10-17(11-9-15)21-12-4-1-5-13-21/h8-11,16,18,22H,1-7,12-14H2,(H,20,23). The average molecular weight is 316 g/mol. The zero-order valence-corrected chi connectivity index (χ0v) is 13.8. The second-order valence-electron chi connectivity index (χ2n) is 6.90. The maximum Gasteiger partial charge on any atom is 0.251 e. The fourth-order valence-electron chi connectivity index (χ4n) is 3.84. The van der Waals surface area contributed by atoms with E-state index in [-0.39, 0.29) is 24.5 Å². The van der Waals surface area contributed by atoms with E-state index < -0.39 is 0 Å². The number of rotatable bonds is 4. The Labute approximate surface area is 138 Å². The van der Waals surface area contributed by atoms with E-state index in [9.17, 15) is 9.90 Å². The molecule has 1 aromatic rings. The molecule has 0 spiro atoms. The molecular weight excluding hydrogens is 288 g/mol. The van der Waals surface area contributed by atoms with E-state index in [0.717, 1.165) is 38.8 Å². The molecule has 3 rings (SSSR count). The molecule has 126 valence electrons. The van der Waals surface area contributed by atoms with Crippen LogP contribution in [0.5, 0.6) is 0 Å². The lowest BCUT2D eigenvalue weighted by Gasteiger charge is -2.31. The van der Waals surface area contributed by atoms with Crippen molar-refractivity contribution >= 4 is 11.6 Å². The average Bonchev–Trinajstić information content (AvgIpc) is 2.63. The first kappa shape index (κ1) is 16.3. The lowest BCUT2D eigenvalue weighted by atomic mass is 9.85. The Hall–Kier alpha value is -1.55. The molecule has 1 amide bonds. The molecule has 1 aliphatic carbocycles. The summed E-state index contributed by atoms with van der Waals surface area (Å²) in [5.74, 6) is 0.195. The highest BCUT2D eigenvalue weighted by atomic mass is 16.3. The van der Waals surface area contributed by atoms with Crippen LogP contribution >= 0.6 is 0 Å². The van der Waals surface area contributed by atoms with E-state index >= 15 is 0 Å². The molecule has 4 nitrogen and oxygen atoms in total. The van der Waals surface area contributed by atoms with Crippen molar-refractivity contribution in [3.8, 4) is 0 Å². The van der Waals surface area contributed by atoms with Crippen LogP contribution in [0.1, 0.15) is 55.3 Å². The summed E-state index contributed by atoms with van der Waals surface area (Å²) < 4.78 is 0. The van der Waals surface area contributed by atoms with Crippen molar-refractivity contribution in [2.45, 2.75) is 51.0 Å². The molecule has 1 saturated carbocycles. The second kappa shape index (κ2) is 7.82. The van der Waals surface area contributed by atoms with Crippen molar-refractivity contribution < 1.29 is 9.90 Å². The molecule has 2 atom stereocenters. The number of amides is 1. The second-order valence-corrected chi connectivity index (χ2v) is 6.90. The largest absolute Gasteiger partial charge is 0.396 e. The van der Waals surface area contributed by atoms with Gasteiger partial charge in [0.2, 0.25) is 0 Å². The van der Waals surface area contributed by atoms with Gasteiger partial charge in [0.15, 0.2) is 0 Å². The SMILES string of the molecule is O=C(NC1CCCCC1CO)c1ccc(N2CCCCC2)cc1. The smallest absolute Gasteiger partial charge is 0.251 e. The number of anilines is 1. The van der Waals surface area contributed by atoms with E-state index in [1.807, 2.05) is 12.1 Å². The number of hydrogen-bond donors (Lipinski definition) is 2. The quantitative estimate of drug-likeness (QED) is 0.898. The lowest BCUT2D eigenvalue weighted by molar-refractivity contribution is 0.0872. The number of benzene rings is 1. The van der Waals surface area contributed by atoms with Gasteiger partial charge in [0.1, 0.15) is 0 Å². The molecule has 0 aromatic heterocycles. The molecule has 2 fully saturated rings. The Kier molecular flexibility index (Phi) is 5.55. The predicted octanol–water partition coefficient (Wildman–Crippen LogP) is 2.96. The third kappa shape index (κ3) is 4.05. The molecular formula is C19H28N2O2. The minimum Gasteiger partial charge on any atom is -0.396 e. The summed E-state index contributed by atoms with van der Waals surface area (Å²) in [7, 11) is 0. The predicted molar refractivity (Wildman–Crippen MR) is 92.8 cm³/mol. The van der Waals surface area contributed by atoms with E-state index in [1.54, 1.807) is 0 Å². The van der Waals surface area contributed by atoms with Crippen LogP contribution in [0.3, 0.4) is 0 Å². The monoisotopic (exact) mass is 316 g/mol. The zero-order valence-electron chi connectivity index (χ0n) is 13.8. The fourth-order valence-corrected chi connectivity index (χ4v) is 3.84. The number of carbonyl (C=O) groups excluding carboxylic acids is 1. The maximum absolute atomic E-state index is 12.5. The first-order valence-corrected chi connectivity index (χ1v) is 9.04. The Bertz CT molecular complexity index is 509. The molecule has 4 heteroatoms. The Balaban J connectivity index is 1.60. The minimum absolute atomic E-state index is 0.0134. The van der Waals surface area contributed by atoms with Crippen molar-refractivity contribution in [2.24, 2.45) is 5.92 Å². The molecule has 1 aliphatic heterocycles. The molecule has 23 heavy (non-hydrogen) atoms. The number of aliphatic hydroxyl groups excluding tert-OH is 1. The third-order valence-corrected chi connectivity index (χ3v) is 5.31. The van der Waals surface area contributed by atoms with Gasteiger partial charge >= 0.3 is 0 Å². The molecule has 1 saturated heterocycles. The van der Waals surface area contributed by atoms with Gasteiger partial charge < -0.3 is 15.3 Å². The highest BCUT2D eigenvalue weighted by Gasteiger charge is 2.26. The molecule has 1 heterocycles. The van der Waals surface area contributed by atoms with Crippen LogP contribution in [0.4, 0.5) is 5.69 Å². The molecule has 2 unspecified atom stereocenters. The summed E-state index contributed by atoms with van der Waals surface area (Å²) in [6.07, 6.45) is 8.11. The number of aliphatic hydroxyl groups is 1. The minimum atomic E-state index is -0.0134. The van der Waals surface area contributed by atoms with Gasteiger partial charge in [0.05, 0.1) is 0 Å². The lowest BCUT2D eigenvalue weighted by Crippen LogP contribution is -2.43. The summed E-state index contributed by atoms with van der Waals surface area (Å²) >= 11 is 0. The van der Waals surface area contributed by atoms with Gasteiger partial charge in [-0.1, -0.05) is 12.8 Å². The van der Waals surface area contributed by atoms with Crippen LogP contribution in [0, 0.1) is 5.92 Å². The number of nitrogens with zero attached hydrogens (tertiary/aromatic N) is 1. The normalized spacial score (nSPS) is 25.2. The highest BCUT2D eigenvalue weighted by molar-refractivity contribution is 5.94. The van der Waals surface area contributed by atoms with Gasteiger partial charge in [0, 0.05) is 42.9 Å². The van der Waals surface area contributed by atoms with E-state index in [0.29, 0.717) is 5.56 Å². The van der Waals surface area contributed by atoms with Crippen molar-refractivity contribution in [1.82, 2.24) is 5.32 Å². The van der Waals surface area contributed by atoms with Gasteiger partial charge in [-0.05, 0) is 56.4 Å². The summed E-state index contributed by atoms with van der Waals surface area (Å²) in [5.41, 5.74) is 1.93. The number of nitrogens with one attached hydrogen (secondary N) is 1. The Morgan fingerprint density at radius 2 is 1.74 bits per heavy atom. The van der Waals surface area contributed by atoms with E-state index in [2.05, 4.69) is 22.3 Å². The summed E-state index contributed by atoms with van der Waals surface area (Å²) in [6, 6.07) is 8.09. The van der Waals surface area contributed by atoms with Gasteiger partial charge in [-0.2, -0.15) is 0 Å². The molecule has 0 radical (unpaired) electrons. The fraction of sp³-hybridized carbons (Fsp3) is 0.632. The van der Waals surface area contributed by atoms with Crippen molar-refractivity contribution in [3.63, 3.8) is 0 Å². The van der Waals surface area contributed by atoms with Crippen molar-refractivity contribution in [1.29, 1.82) is 0 Å². The van der Waals surface area contributed by atoms with Gasteiger partial charge in [0.25, 0.3) is 5.91 Å². The van der Waals surface area contributed by atoms with Gasteiger partial charge in [-0.3, -0.25) is 4.79 Å². The zero-order chi connectivity index (χ0) is 16.1. The number of hydrogen-bond acceptors (Lipinski definition) is 3. The molecule has 1 aromatic carbocycles.